The fourth-order valence-corrected chi connectivity index (χ4v) is 4.29. The third kappa shape index (κ3) is 3.31. The van der Waals surface area contributed by atoms with Gasteiger partial charge in [0, 0.05) is 16.8 Å². The van der Waals surface area contributed by atoms with E-state index in [2.05, 4.69) is 9.84 Å². The van der Waals surface area contributed by atoms with E-state index in [9.17, 15) is 35.8 Å². The van der Waals surface area contributed by atoms with Crippen molar-refractivity contribution in [3.8, 4) is 11.6 Å². The molecule has 1 heterocycles. The summed E-state index contributed by atoms with van der Waals surface area (Å²) >= 11 is 0. The summed E-state index contributed by atoms with van der Waals surface area (Å²) in [5.41, 5.74) is -0.705. The van der Waals surface area contributed by atoms with E-state index in [-0.39, 0.29) is 22.2 Å². The number of methoxy groups -OCH3 is 1. The zero-order valence-electron chi connectivity index (χ0n) is 14.0. The lowest BCUT2D eigenvalue weighted by molar-refractivity contribution is 0.0593. The van der Waals surface area contributed by atoms with Crippen molar-refractivity contribution in [2.45, 2.75) is 9.79 Å². The maximum Gasteiger partial charge on any atom is 0.358 e. The monoisotopic (exact) mass is 428 g/mol. The van der Waals surface area contributed by atoms with Crippen LogP contribution in [0.2, 0.25) is 0 Å². The Hall–Kier alpha value is -3.00. The molecule has 2 aromatic carbocycles. The second kappa shape index (κ2) is 6.56. The highest BCUT2D eigenvalue weighted by Gasteiger charge is 2.26. The van der Waals surface area contributed by atoms with Gasteiger partial charge in [-0.05, 0) is 12.1 Å². The molecule has 0 aliphatic rings. The zero-order chi connectivity index (χ0) is 20.9. The van der Waals surface area contributed by atoms with E-state index >= 15 is 0 Å². The molecule has 0 aliphatic carbocycles. The van der Waals surface area contributed by atoms with E-state index in [0.29, 0.717) is 4.68 Å². The molecule has 0 atom stereocenters. The lowest BCUT2D eigenvalue weighted by Crippen LogP contribution is -2.10. The summed E-state index contributed by atoms with van der Waals surface area (Å²) in [6, 6.07) is 6.52. The van der Waals surface area contributed by atoms with Gasteiger partial charge in [-0.1, -0.05) is 18.2 Å². The van der Waals surface area contributed by atoms with Crippen LogP contribution in [0.4, 0.5) is 0 Å². The van der Waals surface area contributed by atoms with Gasteiger partial charge < -0.3 is 9.84 Å². The number of rotatable bonds is 4. The van der Waals surface area contributed by atoms with Crippen LogP contribution in [0.1, 0.15) is 10.5 Å². The Morgan fingerprint density at radius 1 is 1.04 bits per heavy atom. The number of ether oxygens (including phenoxy) is 1. The summed E-state index contributed by atoms with van der Waals surface area (Å²) in [6.07, 6.45) is 0. The molecule has 0 spiro atoms. The number of carbonyl (C=O) groups excluding carboxylic acids is 1. The second-order valence-corrected chi connectivity index (χ2v) is 8.25. The van der Waals surface area contributed by atoms with Crippen molar-refractivity contribution in [1.29, 1.82) is 0 Å². The van der Waals surface area contributed by atoms with Crippen LogP contribution in [0.5, 0.6) is 5.88 Å². The second-order valence-electron chi connectivity index (χ2n) is 5.51. The maximum absolute atomic E-state index is 12.0. The SMILES string of the molecule is COC(=O)c1cc(O)n(-c2ccc3c(S(=O)(=O)O)cccc3c2S(=O)(=O)O)n1. The van der Waals surface area contributed by atoms with E-state index in [1.807, 2.05) is 0 Å². The predicted octanol–water partition coefficient (Wildman–Crippen LogP) is 1.01. The Balaban J connectivity index is 2.44. The van der Waals surface area contributed by atoms with Crippen molar-refractivity contribution < 1.29 is 40.6 Å². The van der Waals surface area contributed by atoms with Gasteiger partial charge in [0.2, 0.25) is 5.88 Å². The van der Waals surface area contributed by atoms with Crippen LogP contribution in [0.25, 0.3) is 16.5 Å². The van der Waals surface area contributed by atoms with E-state index in [1.54, 1.807) is 0 Å². The molecule has 0 bridgehead atoms. The molecule has 13 heteroatoms. The molecule has 11 nitrogen and oxygen atoms in total. The van der Waals surface area contributed by atoms with E-state index in [1.165, 1.54) is 6.07 Å². The average molecular weight is 428 g/mol. The molecule has 3 aromatic rings. The van der Waals surface area contributed by atoms with Crippen molar-refractivity contribution >= 4 is 37.0 Å². The summed E-state index contributed by atoms with van der Waals surface area (Å²) < 4.78 is 71.4. The van der Waals surface area contributed by atoms with Gasteiger partial charge in [0.05, 0.1) is 12.8 Å². The molecular weight excluding hydrogens is 416 g/mol. The minimum atomic E-state index is -4.97. The zero-order valence-corrected chi connectivity index (χ0v) is 15.6. The lowest BCUT2D eigenvalue weighted by Gasteiger charge is -2.13. The molecule has 0 fully saturated rings. The molecule has 1 aromatic heterocycles. The highest BCUT2D eigenvalue weighted by molar-refractivity contribution is 7.86. The number of benzene rings is 2. The van der Waals surface area contributed by atoms with Crippen LogP contribution < -0.4 is 0 Å². The Morgan fingerprint density at radius 2 is 1.71 bits per heavy atom. The minimum absolute atomic E-state index is 0.193. The number of nitrogens with zero attached hydrogens (tertiary/aromatic N) is 2. The lowest BCUT2D eigenvalue weighted by atomic mass is 10.1. The number of fused-ring (bicyclic) bond motifs is 1. The van der Waals surface area contributed by atoms with Crippen LogP contribution >= 0.6 is 0 Å². The summed E-state index contributed by atoms with van der Waals surface area (Å²) in [7, 11) is -8.59. The van der Waals surface area contributed by atoms with Crippen LogP contribution in [0, 0.1) is 0 Å². The first-order chi connectivity index (χ1) is 12.9. The van der Waals surface area contributed by atoms with Crippen LogP contribution in [0.15, 0.2) is 46.2 Å². The third-order valence-corrected chi connectivity index (χ3v) is 5.66. The predicted molar refractivity (Wildman–Crippen MR) is 93.7 cm³/mol. The first-order valence-corrected chi connectivity index (χ1v) is 10.2. The van der Waals surface area contributed by atoms with Crippen LogP contribution in [0.3, 0.4) is 0 Å². The smallest absolute Gasteiger partial charge is 0.358 e. The van der Waals surface area contributed by atoms with Crippen LogP contribution in [-0.2, 0) is 25.0 Å². The first kappa shape index (κ1) is 19.8. The molecule has 3 rings (SSSR count). The molecule has 28 heavy (non-hydrogen) atoms. The van der Waals surface area contributed by atoms with Gasteiger partial charge in [0.1, 0.15) is 9.79 Å². The van der Waals surface area contributed by atoms with E-state index in [4.69, 9.17) is 0 Å². The standard InChI is InChI=1S/C15H12N2O9S2/c1-26-15(19)10-7-13(18)17(16-10)11-6-5-8-9(14(11)28(23,24)25)3-2-4-12(8)27(20,21)22/h2-7,18H,1H3,(H,20,21,22)(H,23,24,25). The van der Waals surface area contributed by atoms with Gasteiger partial charge in [-0.25, -0.2) is 4.79 Å². The normalized spacial score (nSPS) is 12.2. The Bertz CT molecular complexity index is 1330. The fourth-order valence-electron chi connectivity index (χ4n) is 2.71. The highest BCUT2D eigenvalue weighted by atomic mass is 32.2. The number of hydrogen-bond donors (Lipinski definition) is 3. The molecule has 0 amide bonds. The molecule has 0 radical (unpaired) electrons. The summed E-state index contributed by atoms with van der Waals surface area (Å²) in [5, 5.41) is 13.4. The van der Waals surface area contributed by atoms with Gasteiger partial charge in [-0.3, -0.25) is 9.11 Å². The third-order valence-electron chi connectivity index (χ3n) is 3.80. The van der Waals surface area contributed by atoms with Crippen molar-refractivity contribution in [2.75, 3.05) is 7.11 Å². The van der Waals surface area contributed by atoms with Crippen molar-refractivity contribution in [3.05, 3.63) is 42.1 Å². The first-order valence-electron chi connectivity index (χ1n) is 7.33. The van der Waals surface area contributed by atoms with Gasteiger partial charge in [-0.15, -0.1) is 0 Å². The summed E-state index contributed by atoms with van der Waals surface area (Å²) in [5.74, 6) is -1.55. The molecule has 0 saturated heterocycles. The number of carbonyl (C=O) groups is 1. The Labute approximate surface area is 158 Å². The van der Waals surface area contributed by atoms with E-state index in [0.717, 1.165) is 37.4 Å². The number of aromatic nitrogens is 2. The fraction of sp³-hybridized carbons (Fsp3) is 0.0667. The molecular formula is C15H12N2O9S2. The topological polar surface area (TPSA) is 173 Å². The molecule has 0 saturated carbocycles. The van der Waals surface area contributed by atoms with Gasteiger partial charge in [-0.2, -0.15) is 26.6 Å². The quantitative estimate of drug-likeness (QED) is 0.402. The van der Waals surface area contributed by atoms with Crippen molar-refractivity contribution in [1.82, 2.24) is 9.78 Å². The van der Waals surface area contributed by atoms with E-state index < -0.39 is 41.9 Å². The summed E-state index contributed by atoms with van der Waals surface area (Å²) in [6.45, 7) is 0. The number of esters is 1. The summed E-state index contributed by atoms with van der Waals surface area (Å²) in [4.78, 5) is 10.2. The van der Waals surface area contributed by atoms with Crippen molar-refractivity contribution in [3.63, 3.8) is 0 Å². The number of aromatic hydroxyl groups is 1. The molecule has 0 aliphatic heterocycles. The van der Waals surface area contributed by atoms with Gasteiger partial charge in [0.15, 0.2) is 5.69 Å². The maximum atomic E-state index is 12.0. The van der Waals surface area contributed by atoms with Gasteiger partial charge >= 0.3 is 5.97 Å². The Morgan fingerprint density at radius 3 is 2.29 bits per heavy atom. The van der Waals surface area contributed by atoms with Gasteiger partial charge in [0.25, 0.3) is 20.2 Å². The van der Waals surface area contributed by atoms with Crippen LogP contribution in [-0.4, -0.2) is 53.9 Å². The average Bonchev–Trinajstić information content (AvgIpc) is 2.99. The number of hydrogen-bond acceptors (Lipinski definition) is 8. The molecule has 0 unspecified atom stereocenters. The highest BCUT2D eigenvalue weighted by Crippen LogP contribution is 2.34. The molecule has 148 valence electrons. The minimum Gasteiger partial charge on any atom is -0.493 e. The largest absolute Gasteiger partial charge is 0.493 e. The molecule has 3 N–H and O–H groups in total. The van der Waals surface area contributed by atoms with Crippen molar-refractivity contribution in [2.24, 2.45) is 0 Å². The Kier molecular flexibility index (Phi) is 4.63.